The first kappa shape index (κ1) is 36.5. The zero-order chi connectivity index (χ0) is 34.4. The molecule has 1 saturated heterocycles. The van der Waals surface area contributed by atoms with E-state index in [2.05, 4.69) is 59.3 Å². The Bertz CT molecular complexity index is 1500. The van der Waals surface area contributed by atoms with Gasteiger partial charge in [-0.2, -0.15) is 0 Å². The molecule has 262 valence electrons. The molecule has 2 fully saturated rings. The number of nitrogens with zero attached hydrogens (tertiary/aromatic N) is 1. The SMILES string of the molecule is C=CCN(C[C@@H]1C[C@H](c2ccc(CO)cc2)O[C@H](c2cccc(-c3cccc(CNC(=O)CCCCCCC(=O)O)c3)c2)O1)C1CCCC1. The number of rotatable bonds is 18. The van der Waals surface area contributed by atoms with Crippen LogP contribution in [0.4, 0.5) is 0 Å². The molecule has 0 bridgehead atoms. The molecule has 1 aliphatic heterocycles. The number of aliphatic hydroxyl groups excluding tert-OH is 1. The van der Waals surface area contributed by atoms with Crippen molar-refractivity contribution in [3.8, 4) is 11.1 Å². The normalized spacial score (nSPS) is 19.6. The van der Waals surface area contributed by atoms with Crippen molar-refractivity contribution in [1.82, 2.24) is 10.2 Å². The van der Waals surface area contributed by atoms with Gasteiger partial charge in [0.2, 0.25) is 5.91 Å². The molecule has 8 heteroatoms. The monoisotopic (exact) mass is 668 g/mol. The van der Waals surface area contributed by atoms with Crippen LogP contribution in [0.15, 0.2) is 85.5 Å². The Morgan fingerprint density at radius 1 is 0.857 bits per heavy atom. The molecule has 5 rings (SSSR count). The second-order valence-electron chi connectivity index (χ2n) is 13.4. The van der Waals surface area contributed by atoms with Crippen molar-refractivity contribution in [1.29, 1.82) is 0 Å². The minimum absolute atomic E-state index is 0.00641. The third-order valence-corrected chi connectivity index (χ3v) is 9.71. The second-order valence-corrected chi connectivity index (χ2v) is 13.4. The fourth-order valence-corrected chi connectivity index (χ4v) is 7.03. The van der Waals surface area contributed by atoms with Crippen molar-refractivity contribution in [3.05, 3.63) is 108 Å². The van der Waals surface area contributed by atoms with Crippen LogP contribution < -0.4 is 5.32 Å². The molecule has 3 N–H and O–H groups in total. The van der Waals surface area contributed by atoms with E-state index in [4.69, 9.17) is 14.6 Å². The van der Waals surface area contributed by atoms with E-state index in [1.165, 1.54) is 25.7 Å². The Morgan fingerprint density at radius 2 is 1.57 bits per heavy atom. The number of carboxylic acids is 1. The first-order valence-corrected chi connectivity index (χ1v) is 17.9. The zero-order valence-electron chi connectivity index (χ0n) is 28.6. The third-order valence-electron chi connectivity index (χ3n) is 9.71. The zero-order valence-corrected chi connectivity index (χ0v) is 28.6. The summed E-state index contributed by atoms with van der Waals surface area (Å²) in [5.41, 5.74) is 6.02. The molecule has 3 aromatic carbocycles. The predicted molar refractivity (Wildman–Crippen MR) is 192 cm³/mol. The van der Waals surface area contributed by atoms with E-state index < -0.39 is 12.3 Å². The molecule has 0 unspecified atom stereocenters. The summed E-state index contributed by atoms with van der Waals surface area (Å²) in [5, 5.41) is 21.4. The number of ether oxygens (including phenoxy) is 2. The topological polar surface area (TPSA) is 108 Å². The lowest BCUT2D eigenvalue weighted by Crippen LogP contribution is -2.43. The minimum atomic E-state index is -0.771. The van der Waals surface area contributed by atoms with Crippen molar-refractivity contribution in [3.63, 3.8) is 0 Å². The van der Waals surface area contributed by atoms with Crippen LogP contribution in [-0.2, 0) is 32.2 Å². The lowest BCUT2D eigenvalue weighted by atomic mass is 9.98. The minimum Gasteiger partial charge on any atom is -0.481 e. The van der Waals surface area contributed by atoms with Crippen LogP contribution in [0.3, 0.4) is 0 Å². The average Bonchev–Trinajstić information content (AvgIpc) is 3.67. The lowest BCUT2D eigenvalue weighted by molar-refractivity contribution is -0.253. The van der Waals surface area contributed by atoms with Gasteiger partial charge in [0.15, 0.2) is 6.29 Å². The van der Waals surface area contributed by atoms with Gasteiger partial charge in [0.05, 0.1) is 18.8 Å². The highest BCUT2D eigenvalue weighted by atomic mass is 16.7. The summed E-state index contributed by atoms with van der Waals surface area (Å²) in [6, 6.07) is 25.1. The number of carboxylic acid groups (broad SMARTS) is 1. The van der Waals surface area contributed by atoms with Crippen molar-refractivity contribution >= 4 is 11.9 Å². The maximum Gasteiger partial charge on any atom is 0.303 e. The van der Waals surface area contributed by atoms with E-state index in [1.54, 1.807) is 0 Å². The van der Waals surface area contributed by atoms with Gasteiger partial charge in [0.25, 0.3) is 0 Å². The van der Waals surface area contributed by atoms with Crippen molar-refractivity contribution in [2.45, 2.75) is 108 Å². The molecule has 1 amide bonds. The number of carbonyl (C=O) groups excluding carboxylic acids is 1. The number of aliphatic carboxylic acids is 1. The van der Waals surface area contributed by atoms with E-state index in [0.29, 0.717) is 25.4 Å². The Labute approximate surface area is 291 Å². The van der Waals surface area contributed by atoms with Gasteiger partial charge in [0, 0.05) is 50.5 Å². The van der Waals surface area contributed by atoms with Gasteiger partial charge in [-0.3, -0.25) is 14.5 Å². The standard InChI is InChI=1S/C41H52N2O6/c1-2-23-43(36-15-7-8-16-36)28-37-26-38(32-21-19-30(29-44)20-22-32)49-41(48-37)35-14-10-13-34(25-35)33-12-9-11-31(24-33)27-42-39(45)17-5-3-4-6-18-40(46)47/h2,9-14,19-22,24-25,36-38,41,44H,1,3-8,15-18,23,26-29H2,(H,42,45)(H,46,47)/t37-,38+,41+/m0/s1. The Hall–Kier alpha value is -3.82. The quantitative estimate of drug-likeness (QED) is 0.0936. The van der Waals surface area contributed by atoms with Crippen LogP contribution in [0.1, 0.15) is 105 Å². The highest BCUT2D eigenvalue weighted by molar-refractivity contribution is 5.76. The highest BCUT2D eigenvalue weighted by Crippen LogP contribution is 2.39. The summed E-state index contributed by atoms with van der Waals surface area (Å²) < 4.78 is 13.4. The predicted octanol–water partition coefficient (Wildman–Crippen LogP) is 7.86. The summed E-state index contributed by atoms with van der Waals surface area (Å²) in [6.07, 6.45) is 10.7. The third kappa shape index (κ3) is 11.1. The smallest absolute Gasteiger partial charge is 0.303 e. The molecule has 0 spiro atoms. The Balaban J connectivity index is 1.26. The van der Waals surface area contributed by atoms with Gasteiger partial charge in [0.1, 0.15) is 0 Å². The summed E-state index contributed by atoms with van der Waals surface area (Å²) in [6.45, 7) is 6.15. The highest BCUT2D eigenvalue weighted by Gasteiger charge is 2.34. The number of hydrogen-bond acceptors (Lipinski definition) is 6. The maximum atomic E-state index is 12.4. The molecule has 3 aromatic rings. The van der Waals surface area contributed by atoms with E-state index in [0.717, 1.165) is 72.2 Å². The summed E-state index contributed by atoms with van der Waals surface area (Å²) in [7, 11) is 0. The molecule has 1 aliphatic carbocycles. The summed E-state index contributed by atoms with van der Waals surface area (Å²) >= 11 is 0. The van der Waals surface area contributed by atoms with Crippen LogP contribution in [0.2, 0.25) is 0 Å². The summed E-state index contributed by atoms with van der Waals surface area (Å²) in [4.78, 5) is 25.6. The van der Waals surface area contributed by atoms with Gasteiger partial charge in [-0.25, -0.2) is 0 Å². The van der Waals surface area contributed by atoms with Crippen LogP contribution in [0.5, 0.6) is 0 Å². The number of amides is 1. The van der Waals surface area contributed by atoms with E-state index in [1.807, 2.05) is 36.4 Å². The van der Waals surface area contributed by atoms with Crippen LogP contribution in [0, 0.1) is 0 Å². The second kappa shape index (κ2) is 18.8. The molecule has 2 aliphatic rings. The van der Waals surface area contributed by atoms with Crippen LogP contribution >= 0.6 is 0 Å². The first-order chi connectivity index (χ1) is 23.9. The Morgan fingerprint density at radius 3 is 2.29 bits per heavy atom. The molecule has 0 aromatic heterocycles. The number of nitrogens with one attached hydrogen (secondary N) is 1. The first-order valence-electron chi connectivity index (χ1n) is 17.9. The number of aliphatic hydroxyl groups is 1. The largest absolute Gasteiger partial charge is 0.481 e. The van der Waals surface area contributed by atoms with Crippen molar-refractivity contribution in [2.24, 2.45) is 0 Å². The van der Waals surface area contributed by atoms with Crippen LogP contribution in [0.25, 0.3) is 11.1 Å². The maximum absolute atomic E-state index is 12.4. The molecule has 1 heterocycles. The van der Waals surface area contributed by atoms with E-state index >= 15 is 0 Å². The number of hydrogen-bond donors (Lipinski definition) is 3. The molecular weight excluding hydrogens is 616 g/mol. The molecule has 3 atom stereocenters. The number of carbonyl (C=O) groups is 2. The van der Waals surface area contributed by atoms with Gasteiger partial charge in [-0.05, 0) is 65.6 Å². The fraction of sp³-hybridized carbons (Fsp3) is 0.463. The fourth-order valence-electron chi connectivity index (χ4n) is 7.03. The van der Waals surface area contributed by atoms with Gasteiger partial charge >= 0.3 is 5.97 Å². The number of unbranched alkanes of at least 4 members (excludes halogenated alkanes) is 3. The van der Waals surface area contributed by atoms with E-state index in [9.17, 15) is 14.7 Å². The van der Waals surface area contributed by atoms with Crippen LogP contribution in [-0.4, -0.2) is 52.2 Å². The van der Waals surface area contributed by atoms with Crippen molar-refractivity contribution < 1.29 is 29.3 Å². The van der Waals surface area contributed by atoms with Crippen molar-refractivity contribution in [2.75, 3.05) is 13.1 Å². The van der Waals surface area contributed by atoms with Gasteiger partial charge in [-0.1, -0.05) is 92.4 Å². The summed E-state index contributed by atoms with van der Waals surface area (Å²) in [5.74, 6) is -0.765. The van der Waals surface area contributed by atoms with Gasteiger partial charge in [-0.15, -0.1) is 6.58 Å². The number of benzene rings is 3. The Kier molecular flexibility index (Phi) is 14.0. The molecule has 8 nitrogen and oxygen atoms in total. The lowest BCUT2D eigenvalue weighted by Gasteiger charge is -2.39. The van der Waals surface area contributed by atoms with Gasteiger partial charge < -0.3 is 25.0 Å². The van der Waals surface area contributed by atoms with E-state index in [-0.39, 0.29) is 31.1 Å². The molecule has 0 radical (unpaired) electrons. The molecule has 1 saturated carbocycles. The molecule has 49 heavy (non-hydrogen) atoms. The molecular formula is C41H52N2O6. The average molecular weight is 669 g/mol.